The molecule has 3 rings (SSSR count). The van der Waals surface area contributed by atoms with Gasteiger partial charge in [-0.3, -0.25) is 4.79 Å². The van der Waals surface area contributed by atoms with Crippen LogP contribution in [0.15, 0.2) is 30.3 Å². The van der Waals surface area contributed by atoms with Gasteiger partial charge < -0.3 is 20.4 Å². The van der Waals surface area contributed by atoms with Crippen LogP contribution in [0.2, 0.25) is 0 Å². The molecule has 126 valence electrons. The van der Waals surface area contributed by atoms with Crippen molar-refractivity contribution >= 4 is 5.91 Å². The van der Waals surface area contributed by atoms with Gasteiger partial charge >= 0.3 is 0 Å². The van der Waals surface area contributed by atoms with E-state index in [9.17, 15) is 15.0 Å². The SMILES string of the molecule is O=C(NC1CC1)C(O)C1CCN(CC(O)c2ccccc2)CC1. The van der Waals surface area contributed by atoms with Gasteiger partial charge in [0.25, 0.3) is 0 Å². The van der Waals surface area contributed by atoms with E-state index < -0.39 is 12.2 Å². The number of β-amino-alcohol motifs (C(OH)–C–C–N with tert-alkyl or cyclic N) is 1. The van der Waals surface area contributed by atoms with Crippen molar-refractivity contribution in [1.82, 2.24) is 10.2 Å². The van der Waals surface area contributed by atoms with Crippen LogP contribution in [0.1, 0.15) is 37.4 Å². The summed E-state index contributed by atoms with van der Waals surface area (Å²) in [6.07, 6.45) is 2.28. The molecule has 3 N–H and O–H groups in total. The molecule has 5 nitrogen and oxygen atoms in total. The second-order valence-electron chi connectivity index (χ2n) is 6.79. The third-order valence-corrected chi connectivity index (χ3v) is 4.89. The van der Waals surface area contributed by atoms with Gasteiger partial charge in [0, 0.05) is 12.6 Å². The summed E-state index contributed by atoms with van der Waals surface area (Å²) in [6.45, 7) is 2.21. The van der Waals surface area contributed by atoms with Crippen molar-refractivity contribution < 1.29 is 15.0 Å². The molecule has 23 heavy (non-hydrogen) atoms. The monoisotopic (exact) mass is 318 g/mol. The summed E-state index contributed by atoms with van der Waals surface area (Å²) >= 11 is 0. The zero-order valence-electron chi connectivity index (χ0n) is 13.4. The minimum Gasteiger partial charge on any atom is -0.387 e. The lowest BCUT2D eigenvalue weighted by Gasteiger charge is -2.34. The summed E-state index contributed by atoms with van der Waals surface area (Å²) < 4.78 is 0. The van der Waals surface area contributed by atoms with Crippen molar-refractivity contribution in [2.45, 2.75) is 43.9 Å². The predicted molar refractivity (Wildman–Crippen MR) is 87.7 cm³/mol. The van der Waals surface area contributed by atoms with Crippen LogP contribution < -0.4 is 5.32 Å². The zero-order valence-corrected chi connectivity index (χ0v) is 13.4. The number of aliphatic hydroxyl groups excluding tert-OH is 2. The van der Waals surface area contributed by atoms with Gasteiger partial charge in [0.1, 0.15) is 6.10 Å². The highest BCUT2D eigenvalue weighted by Crippen LogP contribution is 2.24. The number of carbonyl (C=O) groups excluding carboxylic acids is 1. The van der Waals surface area contributed by atoms with Crippen LogP contribution in [-0.4, -0.2) is 52.8 Å². The molecule has 0 spiro atoms. The van der Waals surface area contributed by atoms with Crippen LogP contribution in [0.25, 0.3) is 0 Å². The number of piperidine rings is 1. The van der Waals surface area contributed by atoms with E-state index in [1.54, 1.807) is 0 Å². The molecule has 5 heteroatoms. The molecule has 0 bridgehead atoms. The first-order chi connectivity index (χ1) is 11.1. The molecular formula is C18H26N2O3. The second kappa shape index (κ2) is 7.43. The van der Waals surface area contributed by atoms with Crippen LogP contribution in [-0.2, 0) is 4.79 Å². The normalized spacial score (nSPS) is 22.5. The van der Waals surface area contributed by atoms with Crippen LogP contribution in [0.4, 0.5) is 0 Å². The summed E-state index contributed by atoms with van der Waals surface area (Å²) in [6, 6.07) is 9.96. The standard InChI is InChI=1S/C18H26N2O3/c21-16(13-4-2-1-3-5-13)12-20-10-8-14(9-11-20)17(22)18(23)19-15-6-7-15/h1-5,14-17,21-22H,6-12H2,(H,19,23). The molecular weight excluding hydrogens is 292 g/mol. The van der Waals surface area contributed by atoms with Gasteiger partial charge in [-0.25, -0.2) is 0 Å². The highest BCUT2D eigenvalue weighted by Gasteiger charge is 2.33. The van der Waals surface area contributed by atoms with Crippen LogP contribution in [0.3, 0.4) is 0 Å². The van der Waals surface area contributed by atoms with Gasteiger partial charge in [-0.05, 0) is 50.3 Å². The summed E-state index contributed by atoms with van der Waals surface area (Å²) in [5.74, 6) is -0.186. The van der Waals surface area contributed by atoms with E-state index in [1.807, 2.05) is 30.3 Å². The highest BCUT2D eigenvalue weighted by atomic mass is 16.3. The number of benzene rings is 1. The second-order valence-corrected chi connectivity index (χ2v) is 6.79. The fourth-order valence-electron chi connectivity index (χ4n) is 3.20. The molecule has 1 aliphatic heterocycles. The maximum atomic E-state index is 11.9. The molecule has 2 fully saturated rings. The Morgan fingerprint density at radius 3 is 2.39 bits per heavy atom. The summed E-state index contributed by atoms with van der Waals surface area (Å²) in [7, 11) is 0. The van der Waals surface area contributed by atoms with Crippen molar-refractivity contribution in [3.8, 4) is 0 Å². The average molecular weight is 318 g/mol. The Morgan fingerprint density at radius 1 is 1.13 bits per heavy atom. The first-order valence-corrected chi connectivity index (χ1v) is 8.57. The van der Waals surface area contributed by atoms with Gasteiger partial charge in [-0.1, -0.05) is 30.3 Å². The molecule has 1 aromatic carbocycles. The molecule has 1 heterocycles. The molecule has 1 amide bonds. The lowest BCUT2D eigenvalue weighted by atomic mass is 9.90. The summed E-state index contributed by atoms with van der Waals surface area (Å²) in [5.41, 5.74) is 0.929. The molecule has 1 saturated carbocycles. The van der Waals surface area contributed by atoms with Crippen LogP contribution in [0.5, 0.6) is 0 Å². The van der Waals surface area contributed by atoms with Crippen molar-refractivity contribution in [1.29, 1.82) is 0 Å². The Bertz CT molecular complexity index is 510. The number of nitrogens with zero attached hydrogens (tertiary/aromatic N) is 1. The maximum Gasteiger partial charge on any atom is 0.249 e. The number of likely N-dealkylation sites (tertiary alicyclic amines) is 1. The number of aliphatic hydroxyl groups is 2. The third kappa shape index (κ3) is 4.53. The molecule has 2 aliphatic rings. The number of hydrogen-bond donors (Lipinski definition) is 3. The summed E-state index contributed by atoms with van der Waals surface area (Å²) in [5, 5.41) is 23.3. The Morgan fingerprint density at radius 2 is 1.78 bits per heavy atom. The van der Waals surface area contributed by atoms with E-state index >= 15 is 0 Å². The quantitative estimate of drug-likeness (QED) is 0.734. The van der Waals surface area contributed by atoms with Gasteiger partial charge in [0.05, 0.1) is 6.10 Å². The van der Waals surface area contributed by atoms with Crippen molar-refractivity contribution in [2.75, 3.05) is 19.6 Å². The molecule has 1 saturated heterocycles. The molecule has 1 aromatic rings. The van der Waals surface area contributed by atoms with Gasteiger partial charge in [-0.2, -0.15) is 0 Å². The van der Waals surface area contributed by atoms with E-state index in [0.717, 1.165) is 44.3 Å². The first-order valence-electron chi connectivity index (χ1n) is 8.57. The maximum absolute atomic E-state index is 11.9. The van der Waals surface area contributed by atoms with Crippen molar-refractivity contribution in [3.63, 3.8) is 0 Å². The first kappa shape index (κ1) is 16.4. The van der Waals surface area contributed by atoms with E-state index in [1.165, 1.54) is 0 Å². The average Bonchev–Trinajstić information content (AvgIpc) is 3.39. The Balaban J connectivity index is 1.43. The lowest BCUT2D eigenvalue weighted by Crippen LogP contribution is -2.45. The molecule has 0 radical (unpaired) electrons. The Hall–Kier alpha value is -1.43. The van der Waals surface area contributed by atoms with Crippen LogP contribution >= 0.6 is 0 Å². The minimum absolute atomic E-state index is 0.0267. The van der Waals surface area contributed by atoms with E-state index in [-0.39, 0.29) is 11.8 Å². The Labute approximate surface area is 137 Å². The number of hydrogen-bond acceptors (Lipinski definition) is 4. The van der Waals surface area contributed by atoms with Crippen molar-refractivity contribution in [3.05, 3.63) is 35.9 Å². The molecule has 1 aliphatic carbocycles. The number of amides is 1. The number of carbonyl (C=O) groups is 1. The molecule has 2 unspecified atom stereocenters. The smallest absolute Gasteiger partial charge is 0.249 e. The lowest BCUT2D eigenvalue weighted by molar-refractivity contribution is -0.133. The summed E-state index contributed by atoms with van der Waals surface area (Å²) in [4.78, 5) is 14.1. The van der Waals surface area contributed by atoms with Gasteiger partial charge in [0.15, 0.2) is 0 Å². The van der Waals surface area contributed by atoms with E-state index in [0.29, 0.717) is 12.6 Å². The Kier molecular flexibility index (Phi) is 5.30. The highest BCUT2D eigenvalue weighted by molar-refractivity contribution is 5.81. The zero-order chi connectivity index (χ0) is 16.2. The van der Waals surface area contributed by atoms with Crippen molar-refractivity contribution in [2.24, 2.45) is 5.92 Å². The number of rotatable bonds is 6. The largest absolute Gasteiger partial charge is 0.387 e. The van der Waals surface area contributed by atoms with E-state index in [2.05, 4.69) is 10.2 Å². The topological polar surface area (TPSA) is 72.8 Å². The van der Waals surface area contributed by atoms with E-state index in [4.69, 9.17) is 0 Å². The number of nitrogens with one attached hydrogen (secondary N) is 1. The van der Waals surface area contributed by atoms with Gasteiger partial charge in [0.2, 0.25) is 5.91 Å². The van der Waals surface area contributed by atoms with Crippen LogP contribution in [0, 0.1) is 5.92 Å². The van der Waals surface area contributed by atoms with Gasteiger partial charge in [-0.15, -0.1) is 0 Å². The molecule has 2 atom stereocenters. The molecule has 0 aromatic heterocycles. The predicted octanol–water partition coefficient (Wildman–Crippen LogP) is 1.07. The fraction of sp³-hybridized carbons (Fsp3) is 0.611. The minimum atomic E-state index is -0.892. The fourth-order valence-corrected chi connectivity index (χ4v) is 3.20. The third-order valence-electron chi connectivity index (χ3n) is 4.89.